The fourth-order valence-electron chi connectivity index (χ4n) is 2.67. The zero-order valence-corrected chi connectivity index (χ0v) is 11.4. The molecular weight excluding hydrogens is 230 g/mol. The van der Waals surface area contributed by atoms with Gasteiger partial charge in [0.05, 0.1) is 6.10 Å². The number of nitrogens with one attached hydrogen (secondary N) is 1. The highest BCUT2D eigenvalue weighted by Crippen LogP contribution is 2.37. The molecular formula is C14H23NOS. The first-order valence-electron chi connectivity index (χ1n) is 6.76. The molecule has 2 nitrogen and oxygen atoms in total. The lowest BCUT2D eigenvalue weighted by molar-refractivity contribution is 0.158. The van der Waals surface area contributed by atoms with Crippen molar-refractivity contribution in [3.63, 3.8) is 0 Å². The molecule has 3 heteroatoms. The van der Waals surface area contributed by atoms with Crippen molar-refractivity contribution in [2.45, 2.75) is 51.2 Å². The molecule has 0 bridgehead atoms. The van der Waals surface area contributed by atoms with Crippen molar-refractivity contribution in [2.75, 3.05) is 6.54 Å². The molecule has 2 atom stereocenters. The summed E-state index contributed by atoms with van der Waals surface area (Å²) >= 11 is 1.83. The van der Waals surface area contributed by atoms with Crippen LogP contribution in [0.1, 0.15) is 49.9 Å². The van der Waals surface area contributed by atoms with Crippen LogP contribution in [-0.2, 0) is 0 Å². The fraction of sp³-hybridized carbons (Fsp3) is 0.714. The minimum atomic E-state index is -0.209. The molecule has 1 saturated carbocycles. The van der Waals surface area contributed by atoms with Crippen LogP contribution < -0.4 is 5.32 Å². The first-order chi connectivity index (χ1) is 8.31. The zero-order valence-electron chi connectivity index (χ0n) is 10.6. The van der Waals surface area contributed by atoms with Gasteiger partial charge in [0.15, 0.2) is 0 Å². The fourth-order valence-corrected chi connectivity index (χ4v) is 3.56. The Hall–Kier alpha value is -0.380. The maximum absolute atomic E-state index is 9.69. The molecule has 0 amide bonds. The molecule has 0 aliphatic heterocycles. The van der Waals surface area contributed by atoms with Gasteiger partial charge in [-0.25, -0.2) is 0 Å². The summed E-state index contributed by atoms with van der Waals surface area (Å²) in [4.78, 5) is 1.43. The van der Waals surface area contributed by atoms with Gasteiger partial charge in [-0.05, 0) is 36.6 Å². The number of thiophene rings is 1. The summed E-state index contributed by atoms with van der Waals surface area (Å²) in [5.41, 5.74) is 0. The third kappa shape index (κ3) is 3.54. The molecule has 2 rings (SSSR count). The highest BCUT2D eigenvalue weighted by molar-refractivity contribution is 7.10. The van der Waals surface area contributed by atoms with Crippen LogP contribution in [0.4, 0.5) is 0 Å². The summed E-state index contributed by atoms with van der Waals surface area (Å²) in [6, 6.07) is 4.80. The third-order valence-electron chi connectivity index (χ3n) is 3.77. The molecule has 1 fully saturated rings. The van der Waals surface area contributed by atoms with Crippen LogP contribution in [-0.4, -0.2) is 17.8 Å². The van der Waals surface area contributed by atoms with E-state index in [1.165, 1.54) is 30.6 Å². The first-order valence-corrected chi connectivity index (χ1v) is 7.64. The Bertz CT molecular complexity index is 306. The van der Waals surface area contributed by atoms with Crippen molar-refractivity contribution in [2.24, 2.45) is 5.92 Å². The molecule has 96 valence electrons. The average Bonchev–Trinajstić information content (AvgIpc) is 3.01. The molecule has 1 aliphatic rings. The zero-order chi connectivity index (χ0) is 12.1. The van der Waals surface area contributed by atoms with Gasteiger partial charge in [-0.15, -0.1) is 11.3 Å². The van der Waals surface area contributed by atoms with Crippen LogP contribution in [0.3, 0.4) is 0 Å². The normalized spacial score (nSPS) is 20.6. The molecule has 0 radical (unpaired) electrons. The second-order valence-electron chi connectivity index (χ2n) is 5.01. The highest BCUT2D eigenvalue weighted by Gasteiger charge is 2.26. The topological polar surface area (TPSA) is 32.3 Å². The molecule has 0 saturated heterocycles. The Morgan fingerprint density at radius 2 is 2.24 bits per heavy atom. The van der Waals surface area contributed by atoms with E-state index in [0.717, 1.165) is 18.9 Å². The van der Waals surface area contributed by atoms with Crippen LogP contribution >= 0.6 is 11.3 Å². The van der Waals surface area contributed by atoms with E-state index in [1.54, 1.807) is 0 Å². The summed E-state index contributed by atoms with van der Waals surface area (Å²) in [6.45, 7) is 2.75. The van der Waals surface area contributed by atoms with Crippen molar-refractivity contribution in [1.29, 1.82) is 0 Å². The summed E-state index contributed by atoms with van der Waals surface area (Å²) in [5, 5.41) is 15.4. The number of aliphatic hydroxyl groups excluding tert-OH is 1. The van der Waals surface area contributed by atoms with Crippen molar-refractivity contribution in [3.05, 3.63) is 22.4 Å². The summed E-state index contributed by atoms with van der Waals surface area (Å²) in [5.74, 6) is 0.762. The quantitative estimate of drug-likeness (QED) is 0.815. The molecule has 17 heavy (non-hydrogen) atoms. The largest absolute Gasteiger partial charge is 0.392 e. The SMILES string of the molecule is CCC(O)CNC(c1cccs1)C1CCCC1. The van der Waals surface area contributed by atoms with Crippen LogP contribution in [0, 0.1) is 5.92 Å². The second kappa shape index (κ2) is 6.53. The molecule has 0 aromatic carbocycles. The Kier molecular flexibility index (Phi) is 5.01. The Labute approximate surface area is 108 Å². The van der Waals surface area contributed by atoms with Crippen molar-refractivity contribution >= 4 is 11.3 Å². The molecule has 2 N–H and O–H groups in total. The van der Waals surface area contributed by atoms with E-state index in [1.807, 2.05) is 18.3 Å². The third-order valence-corrected chi connectivity index (χ3v) is 4.72. The number of hydrogen-bond donors (Lipinski definition) is 2. The Morgan fingerprint density at radius 3 is 2.82 bits per heavy atom. The van der Waals surface area contributed by atoms with E-state index in [9.17, 15) is 5.11 Å². The number of rotatable bonds is 6. The highest BCUT2D eigenvalue weighted by atomic mass is 32.1. The van der Waals surface area contributed by atoms with Gasteiger partial charge in [0.1, 0.15) is 0 Å². The first kappa shape index (κ1) is 13.1. The summed E-state index contributed by atoms with van der Waals surface area (Å²) in [7, 11) is 0. The van der Waals surface area contributed by atoms with E-state index in [2.05, 4.69) is 22.8 Å². The molecule has 2 unspecified atom stereocenters. The van der Waals surface area contributed by atoms with E-state index < -0.39 is 0 Å². The summed E-state index contributed by atoms with van der Waals surface area (Å²) < 4.78 is 0. The van der Waals surface area contributed by atoms with Gasteiger partial charge in [-0.3, -0.25) is 0 Å². The molecule has 1 aliphatic carbocycles. The van der Waals surface area contributed by atoms with Crippen LogP contribution in [0.2, 0.25) is 0 Å². The predicted octanol–water partition coefficient (Wildman–Crippen LogP) is 3.34. The van der Waals surface area contributed by atoms with Gasteiger partial charge in [0.2, 0.25) is 0 Å². The smallest absolute Gasteiger partial charge is 0.0662 e. The van der Waals surface area contributed by atoms with Crippen molar-refractivity contribution in [3.8, 4) is 0 Å². The minimum absolute atomic E-state index is 0.209. The lowest BCUT2D eigenvalue weighted by Gasteiger charge is -2.25. The molecule has 1 aromatic rings. The van der Waals surface area contributed by atoms with Gasteiger partial charge in [0, 0.05) is 17.5 Å². The van der Waals surface area contributed by atoms with E-state index in [4.69, 9.17) is 0 Å². The van der Waals surface area contributed by atoms with Gasteiger partial charge in [-0.1, -0.05) is 25.8 Å². The van der Waals surface area contributed by atoms with Gasteiger partial charge in [0.25, 0.3) is 0 Å². The second-order valence-corrected chi connectivity index (χ2v) is 5.99. The van der Waals surface area contributed by atoms with Gasteiger partial charge in [-0.2, -0.15) is 0 Å². The standard InChI is InChI=1S/C14H23NOS/c1-2-12(16)10-15-14(11-6-3-4-7-11)13-8-5-9-17-13/h5,8-9,11-12,14-16H,2-4,6-7,10H2,1H3. The lowest BCUT2D eigenvalue weighted by Crippen LogP contribution is -2.33. The van der Waals surface area contributed by atoms with Gasteiger partial charge < -0.3 is 10.4 Å². The monoisotopic (exact) mass is 253 g/mol. The lowest BCUT2D eigenvalue weighted by atomic mass is 9.96. The maximum Gasteiger partial charge on any atom is 0.0662 e. The predicted molar refractivity (Wildman–Crippen MR) is 73.3 cm³/mol. The van der Waals surface area contributed by atoms with Crippen LogP contribution in [0.15, 0.2) is 17.5 Å². The Balaban J connectivity index is 1.97. The Morgan fingerprint density at radius 1 is 1.47 bits per heavy atom. The van der Waals surface area contributed by atoms with Gasteiger partial charge >= 0.3 is 0 Å². The maximum atomic E-state index is 9.69. The molecule has 0 spiro atoms. The number of aliphatic hydroxyl groups is 1. The van der Waals surface area contributed by atoms with Crippen LogP contribution in [0.5, 0.6) is 0 Å². The minimum Gasteiger partial charge on any atom is -0.392 e. The van der Waals surface area contributed by atoms with E-state index >= 15 is 0 Å². The average molecular weight is 253 g/mol. The van der Waals surface area contributed by atoms with Crippen LogP contribution in [0.25, 0.3) is 0 Å². The molecule has 1 aromatic heterocycles. The number of hydrogen-bond acceptors (Lipinski definition) is 3. The van der Waals surface area contributed by atoms with E-state index in [-0.39, 0.29) is 6.10 Å². The summed E-state index contributed by atoms with van der Waals surface area (Å²) in [6.07, 6.45) is 6.01. The van der Waals surface area contributed by atoms with Crippen molar-refractivity contribution < 1.29 is 5.11 Å². The van der Waals surface area contributed by atoms with Crippen molar-refractivity contribution in [1.82, 2.24) is 5.32 Å². The molecule has 1 heterocycles. The van der Waals surface area contributed by atoms with E-state index in [0.29, 0.717) is 6.04 Å².